The number of ether oxygens (including phenoxy) is 1. The summed E-state index contributed by atoms with van der Waals surface area (Å²) >= 11 is 0. The Morgan fingerprint density at radius 3 is 2.51 bits per heavy atom. The van der Waals surface area contributed by atoms with Crippen LogP contribution < -0.4 is 9.44 Å². The lowest BCUT2D eigenvalue weighted by atomic mass is 10.0. The number of carbonyl (C=O) groups is 1. The molecule has 0 atom stereocenters. The molecule has 5 rings (SSSR count). The minimum atomic E-state index is -4.08. The maximum absolute atomic E-state index is 15.5. The largest absolute Gasteiger partial charge is 0.384 e. The number of ketones is 1. The summed E-state index contributed by atoms with van der Waals surface area (Å²) in [6, 6.07) is 5.77. The standard InChI is InChI=1S/C27H29FN6O4S/c1-16(2)25-29-11-18(12-30-25)17-9-20-21(13-32-26(20)31-10-17)24(35)19-5-4-6-22(23(19)28)34-39(36,37)33-14-27(7-8-27)15-38-3/h4-6,9-13,16,33-34H,7-8,14-15H2,1-3H3,(H,31,32). The molecule has 1 aliphatic carbocycles. The molecule has 1 saturated carbocycles. The minimum absolute atomic E-state index is 0.173. The molecule has 0 amide bonds. The van der Waals surface area contributed by atoms with Crippen LogP contribution in [0.15, 0.2) is 49.1 Å². The number of nitrogens with one attached hydrogen (secondary N) is 3. The third-order valence-electron chi connectivity index (χ3n) is 6.83. The van der Waals surface area contributed by atoms with Crippen LogP contribution in [0.1, 0.15) is 54.4 Å². The van der Waals surface area contributed by atoms with E-state index in [0.717, 1.165) is 18.4 Å². The van der Waals surface area contributed by atoms with E-state index in [0.29, 0.717) is 29.0 Å². The van der Waals surface area contributed by atoms with Crippen molar-refractivity contribution in [3.05, 3.63) is 71.8 Å². The number of rotatable bonds is 11. The summed E-state index contributed by atoms with van der Waals surface area (Å²) in [5, 5.41) is 0.491. The van der Waals surface area contributed by atoms with Crippen LogP contribution in [-0.4, -0.2) is 54.4 Å². The predicted octanol–water partition coefficient (Wildman–Crippen LogP) is 4.19. The quantitative estimate of drug-likeness (QED) is 0.237. The minimum Gasteiger partial charge on any atom is -0.384 e. The van der Waals surface area contributed by atoms with E-state index in [2.05, 4.69) is 29.4 Å². The molecular weight excluding hydrogens is 523 g/mol. The van der Waals surface area contributed by atoms with Gasteiger partial charge < -0.3 is 9.72 Å². The fourth-order valence-electron chi connectivity index (χ4n) is 4.35. The average molecular weight is 553 g/mol. The molecule has 1 aromatic carbocycles. The average Bonchev–Trinajstić information content (AvgIpc) is 3.56. The van der Waals surface area contributed by atoms with E-state index in [-0.39, 0.29) is 34.7 Å². The number of pyridine rings is 1. The Bertz CT molecular complexity index is 1630. The molecule has 4 aromatic rings. The molecular formula is C27H29FN6O4S. The zero-order valence-electron chi connectivity index (χ0n) is 21.8. The summed E-state index contributed by atoms with van der Waals surface area (Å²) in [6.45, 7) is 4.61. The summed E-state index contributed by atoms with van der Waals surface area (Å²) < 4.78 is 50.5. The fraction of sp³-hybridized carbons (Fsp3) is 0.333. The molecule has 0 saturated heterocycles. The third kappa shape index (κ3) is 5.68. The number of aromatic amines is 1. The van der Waals surface area contributed by atoms with Crippen molar-refractivity contribution >= 4 is 32.7 Å². The first-order valence-corrected chi connectivity index (χ1v) is 14.0. The molecule has 39 heavy (non-hydrogen) atoms. The number of methoxy groups -OCH3 is 1. The molecule has 0 aliphatic heterocycles. The smallest absolute Gasteiger partial charge is 0.299 e. The maximum atomic E-state index is 15.5. The number of hydrogen-bond acceptors (Lipinski definition) is 7. The zero-order valence-corrected chi connectivity index (χ0v) is 22.6. The highest BCUT2D eigenvalue weighted by Gasteiger charge is 2.43. The fourth-order valence-corrected chi connectivity index (χ4v) is 5.37. The second kappa shape index (κ2) is 10.4. The molecule has 3 aromatic heterocycles. The normalized spacial score (nSPS) is 14.6. The third-order valence-corrected chi connectivity index (χ3v) is 7.84. The van der Waals surface area contributed by atoms with Gasteiger partial charge in [-0.1, -0.05) is 19.9 Å². The summed E-state index contributed by atoms with van der Waals surface area (Å²) in [5.74, 6) is -0.685. The molecule has 1 aliphatic rings. The number of benzene rings is 1. The molecule has 3 heterocycles. The van der Waals surface area contributed by atoms with Crippen molar-refractivity contribution in [2.24, 2.45) is 5.41 Å². The zero-order chi connectivity index (χ0) is 27.8. The van der Waals surface area contributed by atoms with Crippen LogP contribution in [0.5, 0.6) is 0 Å². The van der Waals surface area contributed by atoms with Gasteiger partial charge in [-0.2, -0.15) is 13.1 Å². The predicted molar refractivity (Wildman–Crippen MR) is 145 cm³/mol. The van der Waals surface area contributed by atoms with E-state index in [1.54, 1.807) is 31.8 Å². The number of anilines is 1. The summed E-state index contributed by atoms with van der Waals surface area (Å²) in [4.78, 5) is 29.6. The first-order chi connectivity index (χ1) is 18.6. The van der Waals surface area contributed by atoms with Gasteiger partial charge >= 0.3 is 0 Å². The summed E-state index contributed by atoms with van der Waals surface area (Å²) in [7, 11) is -2.52. The summed E-state index contributed by atoms with van der Waals surface area (Å²) in [5.41, 5.74) is 1.24. The second-order valence-corrected chi connectivity index (χ2v) is 11.7. The molecule has 3 N–H and O–H groups in total. The van der Waals surface area contributed by atoms with Crippen molar-refractivity contribution in [3.8, 4) is 11.1 Å². The van der Waals surface area contributed by atoms with E-state index >= 15 is 4.39 Å². The molecule has 12 heteroatoms. The van der Waals surface area contributed by atoms with Crippen molar-refractivity contribution in [3.63, 3.8) is 0 Å². The Morgan fingerprint density at radius 1 is 1.13 bits per heavy atom. The first-order valence-electron chi connectivity index (χ1n) is 12.5. The number of halogens is 1. The van der Waals surface area contributed by atoms with Gasteiger partial charge in [-0.15, -0.1) is 0 Å². The summed E-state index contributed by atoms with van der Waals surface area (Å²) in [6.07, 6.45) is 8.19. The Labute approximate surface area is 225 Å². The Morgan fingerprint density at radius 2 is 1.85 bits per heavy atom. The number of fused-ring (bicyclic) bond motifs is 1. The number of hydrogen-bond donors (Lipinski definition) is 3. The second-order valence-electron chi connectivity index (χ2n) is 10.2. The van der Waals surface area contributed by atoms with Crippen molar-refractivity contribution in [1.29, 1.82) is 0 Å². The van der Waals surface area contributed by atoms with E-state index in [9.17, 15) is 13.2 Å². The highest BCUT2D eigenvalue weighted by molar-refractivity contribution is 7.90. The highest BCUT2D eigenvalue weighted by atomic mass is 32.2. The molecule has 10 nitrogen and oxygen atoms in total. The van der Waals surface area contributed by atoms with Gasteiger partial charge in [-0.05, 0) is 31.0 Å². The van der Waals surface area contributed by atoms with Gasteiger partial charge in [0.2, 0.25) is 0 Å². The Kier molecular flexibility index (Phi) is 7.19. The van der Waals surface area contributed by atoms with Gasteiger partial charge in [-0.3, -0.25) is 9.52 Å². The lowest BCUT2D eigenvalue weighted by Crippen LogP contribution is -2.36. The highest BCUT2D eigenvalue weighted by Crippen LogP contribution is 2.45. The van der Waals surface area contributed by atoms with Crippen LogP contribution in [0, 0.1) is 11.2 Å². The van der Waals surface area contributed by atoms with Gasteiger partial charge in [-0.25, -0.2) is 19.3 Å². The van der Waals surface area contributed by atoms with Gasteiger partial charge in [0, 0.05) is 71.9 Å². The van der Waals surface area contributed by atoms with E-state index in [4.69, 9.17) is 4.74 Å². The molecule has 0 unspecified atom stereocenters. The van der Waals surface area contributed by atoms with Crippen molar-refractivity contribution in [1.82, 2.24) is 24.7 Å². The Hall–Kier alpha value is -3.74. The van der Waals surface area contributed by atoms with Crippen LogP contribution in [-0.2, 0) is 14.9 Å². The van der Waals surface area contributed by atoms with Crippen LogP contribution in [0.2, 0.25) is 0 Å². The van der Waals surface area contributed by atoms with Gasteiger partial charge in [0.15, 0.2) is 11.6 Å². The number of aromatic nitrogens is 4. The van der Waals surface area contributed by atoms with Gasteiger partial charge in [0.1, 0.15) is 11.5 Å². The molecule has 204 valence electrons. The van der Waals surface area contributed by atoms with E-state index in [1.807, 2.05) is 13.8 Å². The Balaban J connectivity index is 1.39. The van der Waals surface area contributed by atoms with Crippen molar-refractivity contribution < 1.29 is 22.3 Å². The molecule has 0 radical (unpaired) electrons. The van der Waals surface area contributed by atoms with Crippen LogP contribution in [0.4, 0.5) is 10.1 Å². The van der Waals surface area contributed by atoms with Gasteiger partial charge in [0.25, 0.3) is 10.2 Å². The lowest BCUT2D eigenvalue weighted by Gasteiger charge is -2.16. The van der Waals surface area contributed by atoms with Crippen molar-refractivity contribution in [2.75, 3.05) is 25.0 Å². The molecule has 0 spiro atoms. The van der Waals surface area contributed by atoms with E-state index in [1.165, 1.54) is 24.4 Å². The number of carbonyl (C=O) groups excluding carboxylic acids is 1. The van der Waals surface area contributed by atoms with Crippen LogP contribution >= 0.6 is 0 Å². The first kappa shape index (κ1) is 26.9. The van der Waals surface area contributed by atoms with Crippen LogP contribution in [0.3, 0.4) is 0 Å². The molecule has 0 bridgehead atoms. The topological polar surface area (TPSA) is 139 Å². The number of H-pyrrole nitrogens is 1. The van der Waals surface area contributed by atoms with Crippen molar-refractivity contribution in [2.45, 2.75) is 32.6 Å². The number of nitrogens with zero attached hydrogens (tertiary/aromatic N) is 3. The monoisotopic (exact) mass is 552 g/mol. The van der Waals surface area contributed by atoms with E-state index < -0.39 is 21.8 Å². The lowest BCUT2D eigenvalue weighted by molar-refractivity contribution is 0.103. The maximum Gasteiger partial charge on any atom is 0.299 e. The SMILES string of the molecule is COCC1(CNS(=O)(=O)Nc2cccc(C(=O)c3c[nH]c4ncc(-c5cnc(C(C)C)nc5)cc34)c2F)CC1. The van der Waals surface area contributed by atoms with Gasteiger partial charge in [0.05, 0.1) is 17.9 Å². The molecule has 1 fully saturated rings. The van der Waals surface area contributed by atoms with Crippen LogP contribution in [0.25, 0.3) is 22.2 Å².